The predicted molar refractivity (Wildman–Crippen MR) is 70.5 cm³/mol. The third-order valence-electron chi connectivity index (χ3n) is 4.80. The highest BCUT2D eigenvalue weighted by Crippen LogP contribution is 2.62. The maximum Gasteiger partial charge on any atom is 0.00966 e. The molecule has 2 aliphatic carbocycles. The molecule has 3 unspecified atom stereocenters. The molecule has 1 N–H and O–H groups in total. The van der Waals surface area contributed by atoms with E-state index in [0.29, 0.717) is 5.54 Å². The fourth-order valence-electron chi connectivity index (χ4n) is 3.58. The van der Waals surface area contributed by atoms with E-state index >= 15 is 0 Å². The fourth-order valence-corrected chi connectivity index (χ4v) is 3.58. The Morgan fingerprint density at radius 1 is 1.25 bits per heavy atom. The minimum absolute atomic E-state index is 0.294. The first kappa shape index (κ1) is 12.4. The van der Waals surface area contributed by atoms with Crippen molar-refractivity contribution in [3.63, 3.8) is 0 Å². The smallest absolute Gasteiger partial charge is 0.00966 e. The van der Waals surface area contributed by atoms with E-state index in [9.17, 15) is 0 Å². The van der Waals surface area contributed by atoms with Crippen LogP contribution in [0.5, 0.6) is 0 Å². The third kappa shape index (κ3) is 2.80. The molecule has 2 fully saturated rings. The van der Waals surface area contributed by atoms with Gasteiger partial charge in [0.15, 0.2) is 0 Å². The Hall–Kier alpha value is -0.0400. The number of hydrogen-bond acceptors (Lipinski definition) is 1. The second-order valence-corrected chi connectivity index (χ2v) is 7.26. The molecule has 1 nitrogen and oxygen atoms in total. The molecule has 94 valence electrons. The zero-order valence-electron chi connectivity index (χ0n) is 11.6. The molecule has 0 bridgehead atoms. The van der Waals surface area contributed by atoms with Gasteiger partial charge in [0.25, 0.3) is 0 Å². The lowest BCUT2D eigenvalue weighted by molar-refractivity contribution is 0.219. The molecule has 0 aliphatic heterocycles. The molecule has 0 heterocycles. The zero-order chi connectivity index (χ0) is 11.8. The Balaban J connectivity index is 1.80. The minimum atomic E-state index is 0.294. The lowest BCUT2D eigenvalue weighted by atomic mass is 9.76. The SMILES string of the molecule is CCC1CCCC2(C1)CC2CNC(C)(C)C. The van der Waals surface area contributed by atoms with Crippen LogP contribution in [0.2, 0.25) is 0 Å². The Bertz CT molecular complexity index is 240. The van der Waals surface area contributed by atoms with E-state index in [4.69, 9.17) is 0 Å². The lowest BCUT2D eigenvalue weighted by Gasteiger charge is -2.30. The maximum absolute atomic E-state index is 3.69. The molecular formula is C15H29N. The summed E-state index contributed by atoms with van der Waals surface area (Å²) in [4.78, 5) is 0. The number of rotatable bonds is 3. The molecule has 1 heteroatoms. The summed E-state index contributed by atoms with van der Waals surface area (Å²) < 4.78 is 0. The van der Waals surface area contributed by atoms with E-state index in [-0.39, 0.29) is 0 Å². The molecule has 2 aliphatic rings. The molecule has 2 saturated carbocycles. The average Bonchev–Trinajstić information content (AvgIpc) is 2.87. The summed E-state index contributed by atoms with van der Waals surface area (Å²) in [5, 5.41) is 3.69. The van der Waals surface area contributed by atoms with E-state index in [2.05, 4.69) is 33.0 Å². The van der Waals surface area contributed by atoms with Gasteiger partial charge in [-0.2, -0.15) is 0 Å². The largest absolute Gasteiger partial charge is 0.312 e. The van der Waals surface area contributed by atoms with E-state index < -0.39 is 0 Å². The van der Waals surface area contributed by atoms with Gasteiger partial charge in [-0.05, 0) is 63.8 Å². The minimum Gasteiger partial charge on any atom is -0.312 e. The first-order valence-electron chi connectivity index (χ1n) is 7.20. The van der Waals surface area contributed by atoms with E-state index in [1.807, 2.05) is 0 Å². The van der Waals surface area contributed by atoms with Gasteiger partial charge in [0.2, 0.25) is 0 Å². The van der Waals surface area contributed by atoms with E-state index in [1.54, 1.807) is 0 Å². The molecule has 2 rings (SSSR count). The Labute approximate surface area is 101 Å². The van der Waals surface area contributed by atoms with Gasteiger partial charge in [0.1, 0.15) is 0 Å². The van der Waals surface area contributed by atoms with Crippen molar-refractivity contribution >= 4 is 0 Å². The second-order valence-electron chi connectivity index (χ2n) is 7.26. The monoisotopic (exact) mass is 223 g/mol. The molecule has 16 heavy (non-hydrogen) atoms. The standard InChI is InChI=1S/C15H29N/c1-5-12-7-6-8-15(9-12)10-13(15)11-16-14(2,3)4/h12-13,16H,5-11H2,1-4H3. The van der Waals surface area contributed by atoms with Crippen LogP contribution in [0, 0.1) is 17.3 Å². The van der Waals surface area contributed by atoms with E-state index in [1.165, 1.54) is 45.1 Å². The van der Waals surface area contributed by atoms with Gasteiger partial charge in [-0.25, -0.2) is 0 Å². The second kappa shape index (κ2) is 4.33. The average molecular weight is 223 g/mol. The summed E-state index contributed by atoms with van der Waals surface area (Å²) in [6, 6.07) is 0. The van der Waals surface area contributed by atoms with Crippen LogP contribution in [0.25, 0.3) is 0 Å². The number of nitrogens with one attached hydrogen (secondary N) is 1. The van der Waals surface area contributed by atoms with Crippen LogP contribution in [-0.2, 0) is 0 Å². The van der Waals surface area contributed by atoms with Gasteiger partial charge >= 0.3 is 0 Å². The highest BCUT2D eigenvalue weighted by Gasteiger charge is 2.54. The van der Waals surface area contributed by atoms with Crippen molar-refractivity contribution in [1.29, 1.82) is 0 Å². The molecule has 3 atom stereocenters. The lowest BCUT2D eigenvalue weighted by Crippen LogP contribution is -2.38. The summed E-state index contributed by atoms with van der Waals surface area (Å²) in [5.41, 5.74) is 1.07. The summed E-state index contributed by atoms with van der Waals surface area (Å²) in [7, 11) is 0. The van der Waals surface area contributed by atoms with Crippen molar-refractivity contribution in [1.82, 2.24) is 5.32 Å². The highest BCUT2D eigenvalue weighted by molar-refractivity contribution is 5.05. The van der Waals surface area contributed by atoms with Crippen LogP contribution in [0.15, 0.2) is 0 Å². The summed E-state index contributed by atoms with van der Waals surface area (Å²) in [5.74, 6) is 2.02. The van der Waals surface area contributed by atoms with Crippen molar-refractivity contribution < 1.29 is 0 Å². The molecule has 0 radical (unpaired) electrons. The van der Waals surface area contributed by atoms with Crippen LogP contribution in [0.3, 0.4) is 0 Å². The Morgan fingerprint density at radius 3 is 2.62 bits per heavy atom. The molecule has 1 spiro atoms. The quantitative estimate of drug-likeness (QED) is 0.763. The van der Waals surface area contributed by atoms with Crippen LogP contribution in [-0.4, -0.2) is 12.1 Å². The van der Waals surface area contributed by atoms with Crippen molar-refractivity contribution in [3.05, 3.63) is 0 Å². The molecule has 0 aromatic carbocycles. The normalized spacial score (nSPS) is 39.0. The molecule has 0 saturated heterocycles. The van der Waals surface area contributed by atoms with Crippen LogP contribution in [0.4, 0.5) is 0 Å². The zero-order valence-corrected chi connectivity index (χ0v) is 11.6. The highest BCUT2D eigenvalue weighted by atomic mass is 15.0. The maximum atomic E-state index is 3.69. The van der Waals surface area contributed by atoms with Crippen molar-refractivity contribution in [3.8, 4) is 0 Å². The van der Waals surface area contributed by atoms with E-state index in [0.717, 1.165) is 17.3 Å². The fraction of sp³-hybridized carbons (Fsp3) is 1.00. The summed E-state index contributed by atoms with van der Waals surface area (Å²) >= 11 is 0. The van der Waals surface area contributed by atoms with Crippen LogP contribution >= 0.6 is 0 Å². The van der Waals surface area contributed by atoms with Gasteiger partial charge in [-0.15, -0.1) is 0 Å². The topological polar surface area (TPSA) is 12.0 Å². The van der Waals surface area contributed by atoms with Crippen molar-refractivity contribution in [2.45, 2.75) is 71.8 Å². The van der Waals surface area contributed by atoms with Crippen LogP contribution < -0.4 is 5.32 Å². The van der Waals surface area contributed by atoms with Crippen molar-refractivity contribution in [2.24, 2.45) is 17.3 Å². The van der Waals surface area contributed by atoms with Gasteiger partial charge < -0.3 is 5.32 Å². The van der Waals surface area contributed by atoms with Gasteiger partial charge in [-0.3, -0.25) is 0 Å². The third-order valence-corrected chi connectivity index (χ3v) is 4.80. The van der Waals surface area contributed by atoms with Crippen LogP contribution in [0.1, 0.15) is 66.2 Å². The molecule has 0 amide bonds. The first-order chi connectivity index (χ1) is 7.45. The summed E-state index contributed by atoms with van der Waals surface area (Å²) in [6.07, 6.45) is 8.94. The molecule has 0 aromatic rings. The predicted octanol–water partition coefficient (Wildman–Crippen LogP) is 3.98. The molecular weight excluding hydrogens is 194 g/mol. The molecule has 0 aromatic heterocycles. The number of hydrogen-bond donors (Lipinski definition) is 1. The van der Waals surface area contributed by atoms with Gasteiger partial charge in [0.05, 0.1) is 0 Å². The first-order valence-corrected chi connectivity index (χ1v) is 7.20. The summed E-state index contributed by atoms with van der Waals surface area (Å²) in [6.45, 7) is 10.4. The van der Waals surface area contributed by atoms with Gasteiger partial charge in [0, 0.05) is 5.54 Å². The Morgan fingerprint density at radius 2 is 2.00 bits per heavy atom. The Kier molecular flexibility index (Phi) is 3.36. The van der Waals surface area contributed by atoms with Gasteiger partial charge in [-0.1, -0.05) is 26.2 Å². The van der Waals surface area contributed by atoms with Crippen molar-refractivity contribution in [2.75, 3.05) is 6.54 Å².